The molecule has 1 heterocycles. The summed E-state index contributed by atoms with van der Waals surface area (Å²) < 4.78 is 0. The Balaban J connectivity index is 2.98. The zero-order valence-electron chi connectivity index (χ0n) is 4.53. The van der Waals surface area contributed by atoms with E-state index in [9.17, 15) is 9.59 Å². The van der Waals surface area contributed by atoms with Crippen molar-refractivity contribution in [2.24, 2.45) is 0 Å². The Morgan fingerprint density at radius 2 is 2.11 bits per heavy atom. The molecule has 1 aromatic heterocycles. The van der Waals surface area contributed by atoms with E-state index < -0.39 is 0 Å². The molecule has 1 aromatic rings. The summed E-state index contributed by atoms with van der Waals surface area (Å²) in [6.45, 7) is 0. The third kappa shape index (κ3) is 1.23. The lowest BCUT2D eigenvalue weighted by molar-refractivity contribution is 0.112. The number of carbonyl (C=O) groups excluding carboxylic acids is 2. The monoisotopic (exact) mass is 140 g/mol. The molecule has 2 nitrogen and oxygen atoms in total. The second-order valence-corrected chi connectivity index (χ2v) is 2.46. The predicted octanol–water partition coefficient (Wildman–Crippen LogP) is 1.37. The van der Waals surface area contributed by atoms with Gasteiger partial charge in [-0.05, 0) is 6.07 Å². The van der Waals surface area contributed by atoms with Crippen LogP contribution in [0.15, 0.2) is 11.4 Å². The van der Waals surface area contributed by atoms with Gasteiger partial charge in [-0.15, -0.1) is 11.3 Å². The third-order valence-electron chi connectivity index (χ3n) is 0.892. The number of thiophene rings is 1. The van der Waals surface area contributed by atoms with Gasteiger partial charge in [-0.3, -0.25) is 9.59 Å². The van der Waals surface area contributed by atoms with Crippen molar-refractivity contribution >= 4 is 23.9 Å². The first-order valence-corrected chi connectivity index (χ1v) is 3.23. The van der Waals surface area contributed by atoms with Crippen LogP contribution in [0.4, 0.5) is 0 Å². The largest absolute Gasteiger partial charge is 0.298 e. The maximum absolute atomic E-state index is 10.0. The maximum atomic E-state index is 10.0. The molecule has 3 heteroatoms. The highest BCUT2D eigenvalue weighted by Gasteiger charge is 1.94. The quantitative estimate of drug-likeness (QED) is 0.581. The van der Waals surface area contributed by atoms with Gasteiger partial charge in [0.25, 0.3) is 0 Å². The maximum Gasteiger partial charge on any atom is 0.160 e. The van der Waals surface area contributed by atoms with Gasteiger partial charge in [-0.25, -0.2) is 0 Å². The molecule has 0 N–H and O–H groups in total. The average molecular weight is 140 g/mol. The molecule has 0 saturated heterocycles. The van der Waals surface area contributed by atoms with Gasteiger partial charge in [-0.1, -0.05) is 0 Å². The SMILES string of the molecule is O=Cc1csc(C=O)c1. The van der Waals surface area contributed by atoms with E-state index in [4.69, 9.17) is 0 Å². The van der Waals surface area contributed by atoms with Gasteiger partial charge in [0.15, 0.2) is 12.6 Å². The van der Waals surface area contributed by atoms with Crippen molar-refractivity contribution in [2.45, 2.75) is 0 Å². The van der Waals surface area contributed by atoms with E-state index in [1.54, 1.807) is 11.4 Å². The van der Waals surface area contributed by atoms with Gasteiger partial charge in [-0.2, -0.15) is 0 Å². The summed E-state index contributed by atoms with van der Waals surface area (Å²) >= 11 is 1.27. The molecule has 46 valence electrons. The molecule has 0 saturated carbocycles. The van der Waals surface area contributed by atoms with Crippen LogP contribution in [0.2, 0.25) is 0 Å². The van der Waals surface area contributed by atoms with E-state index in [0.29, 0.717) is 10.4 Å². The van der Waals surface area contributed by atoms with Gasteiger partial charge >= 0.3 is 0 Å². The molecule has 0 amide bonds. The molecule has 0 atom stereocenters. The number of aldehydes is 2. The van der Waals surface area contributed by atoms with Crippen LogP contribution in [0, 0.1) is 0 Å². The Labute approximate surface area is 56.1 Å². The Hall–Kier alpha value is -0.960. The van der Waals surface area contributed by atoms with Crippen molar-refractivity contribution in [3.63, 3.8) is 0 Å². The van der Waals surface area contributed by atoms with Crippen LogP contribution in [0.25, 0.3) is 0 Å². The van der Waals surface area contributed by atoms with Crippen LogP contribution >= 0.6 is 11.3 Å². The second kappa shape index (κ2) is 2.55. The molecule has 0 aliphatic rings. The molecule has 0 fully saturated rings. The molecular weight excluding hydrogens is 136 g/mol. The van der Waals surface area contributed by atoms with Gasteiger partial charge in [0.2, 0.25) is 0 Å². The van der Waals surface area contributed by atoms with E-state index in [-0.39, 0.29) is 0 Å². The summed E-state index contributed by atoms with van der Waals surface area (Å²) in [6, 6.07) is 1.56. The smallest absolute Gasteiger partial charge is 0.160 e. The van der Waals surface area contributed by atoms with Gasteiger partial charge in [0.05, 0.1) is 4.88 Å². The van der Waals surface area contributed by atoms with Crippen LogP contribution in [-0.4, -0.2) is 12.6 Å². The number of rotatable bonds is 2. The lowest BCUT2D eigenvalue weighted by Gasteiger charge is -1.70. The summed E-state index contributed by atoms with van der Waals surface area (Å²) in [4.78, 5) is 20.7. The van der Waals surface area contributed by atoms with Gasteiger partial charge in [0.1, 0.15) is 0 Å². The molecule has 0 aliphatic carbocycles. The first-order valence-electron chi connectivity index (χ1n) is 2.35. The number of carbonyl (C=O) groups is 2. The number of hydrogen-bond acceptors (Lipinski definition) is 3. The van der Waals surface area contributed by atoms with Crippen LogP contribution in [0.1, 0.15) is 20.0 Å². The number of hydrogen-bond donors (Lipinski definition) is 0. The van der Waals surface area contributed by atoms with Crippen molar-refractivity contribution in [3.8, 4) is 0 Å². The summed E-state index contributed by atoms with van der Waals surface area (Å²) in [5.41, 5.74) is 0.571. The molecule has 0 aromatic carbocycles. The van der Waals surface area contributed by atoms with Crippen LogP contribution in [0.3, 0.4) is 0 Å². The lowest BCUT2D eigenvalue weighted by Crippen LogP contribution is -1.70. The fourth-order valence-electron chi connectivity index (χ4n) is 0.492. The van der Waals surface area contributed by atoms with Crippen molar-refractivity contribution in [2.75, 3.05) is 0 Å². The van der Waals surface area contributed by atoms with Crippen molar-refractivity contribution in [1.82, 2.24) is 0 Å². The molecule has 0 unspecified atom stereocenters. The minimum atomic E-state index is 0.571. The fraction of sp³-hybridized carbons (Fsp3) is 0. The van der Waals surface area contributed by atoms with Crippen LogP contribution in [0.5, 0.6) is 0 Å². The highest BCUT2D eigenvalue weighted by atomic mass is 32.1. The summed E-state index contributed by atoms with van der Waals surface area (Å²) in [5, 5.41) is 1.65. The van der Waals surface area contributed by atoms with Crippen molar-refractivity contribution in [1.29, 1.82) is 0 Å². The standard InChI is InChI=1S/C6H4O2S/c7-2-5-1-6(3-8)9-4-5/h1-4H. The Kier molecular flexibility index (Phi) is 1.75. The summed E-state index contributed by atoms with van der Waals surface area (Å²) in [6.07, 6.45) is 1.46. The third-order valence-corrected chi connectivity index (χ3v) is 1.77. The first kappa shape index (κ1) is 6.16. The van der Waals surface area contributed by atoms with Crippen LogP contribution < -0.4 is 0 Å². The van der Waals surface area contributed by atoms with E-state index in [2.05, 4.69) is 0 Å². The highest BCUT2D eigenvalue weighted by molar-refractivity contribution is 7.11. The van der Waals surface area contributed by atoms with E-state index in [0.717, 1.165) is 12.6 Å². The van der Waals surface area contributed by atoms with E-state index in [1.807, 2.05) is 0 Å². The van der Waals surface area contributed by atoms with Crippen molar-refractivity contribution in [3.05, 3.63) is 21.9 Å². The molecule has 0 bridgehead atoms. The second-order valence-electron chi connectivity index (χ2n) is 1.52. The van der Waals surface area contributed by atoms with Gasteiger partial charge in [0, 0.05) is 10.9 Å². The minimum Gasteiger partial charge on any atom is -0.298 e. The van der Waals surface area contributed by atoms with E-state index >= 15 is 0 Å². The molecule has 0 spiro atoms. The summed E-state index contributed by atoms with van der Waals surface area (Å²) in [5.74, 6) is 0. The highest BCUT2D eigenvalue weighted by Crippen LogP contribution is 2.09. The molecule has 9 heavy (non-hydrogen) atoms. The van der Waals surface area contributed by atoms with Gasteiger partial charge < -0.3 is 0 Å². The topological polar surface area (TPSA) is 34.1 Å². The molecular formula is C6H4O2S. The zero-order valence-corrected chi connectivity index (χ0v) is 5.35. The lowest BCUT2D eigenvalue weighted by atomic mass is 10.3. The fourth-order valence-corrected chi connectivity index (χ4v) is 1.15. The predicted molar refractivity (Wildman–Crippen MR) is 35.1 cm³/mol. The normalized spacial score (nSPS) is 8.89. The Bertz CT molecular complexity index is 204. The average Bonchev–Trinajstić information content (AvgIpc) is 2.34. The first-order chi connectivity index (χ1) is 4.36. The van der Waals surface area contributed by atoms with Crippen molar-refractivity contribution < 1.29 is 9.59 Å². The van der Waals surface area contributed by atoms with E-state index in [1.165, 1.54) is 11.3 Å². The van der Waals surface area contributed by atoms with Crippen LogP contribution in [-0.2, 0) is 0 Å². The summed E-state index contributed by atoms with van der Waals surface area (Å²) in [7, 11) is 0. The molecule has 1 rings (SSSR count). The Morgan fingerprint density at radius 3 is 2.44 bits per heavy atom. The Morgan fingerprint density at radius 1 is 1.33 bits per heavy atom. The minimum absolute atomic E-state index is 0.571. The molecule has 0 aliphatic heterocycles. The zero-order chi connectivity index (χ0) is 6.69. The molecule has 0 radical (unpaired) electrons.